The zero-order chi connectivity index (χ0) is 8.43. The van der Waals surface area contributed by atoms with Crippen LogP contribution in [0, 0.1) is 0 Å². The standard InChI is InChI=1S/C7H8Br2N2/c1-4(10)6-2-5(8)3-11-7(6)9/h2-4H,10H2,1H3. The third-order valence-electron chi connectivity index (χ3n) is 1.32. The molecule has 0 saturated carbocycles. The molecule has 0 aliphatic carbocycles. The Balaban J connectivity index is 3.13. The first kappa shape index (κ1) is 9.16. The van der Waals surface area contributed by atoms with Gasteiger partial charge in [-0.3, -0.25) is 0 Å². The Hall–Kier alpha value is 0.0700. The number of hydrogen-bond acceptors (Lipinski definition) is 2. The van der Waals surface area contributed by atoms with E-state index in [4.69, 9.17) is 5.73 Å². The van der Waals surface area contributed by atoms with Crippen molar-refractivity contribution in [1.29, 1.82) is 0 Å². The summed E-state index contributed by atoms with van der Waals surface area (Å²) < 4.78 is 1.77. The maximum Gasteiger partial charge on any atom is 0.110 e. The quantitative estimate of drug-likeness (QED) is 0.803. The van der Waals surface area contributed by atoms with Crippen LogP contribution in [0.1, 0.15) is 18.5 Å². The van der Waals surface area contributed by atoms with E-state index in [2.05, 4.69) is 36.8 Å². The van der Waals surface area contributed by atoms with Gasteiger partial charge in [0.1, 0.15) is 4.60 Å². The molecule has 2 N–H and O–H groups in total. The molecule has 0 aromatic carbocycles. The topological polar surface area (TPSA) is 38.9 Å². The van der Waals surface area contributed by atoms with Crippen LogP contribution in [0.3, 0.4) is 0 Å². The number of nitrogens with zero attached hydrogens (tertiary/aromatic N) is 1. The molecule has 11 heavy (non-hydrogen) atoms. The molecule has 1 aromatic rings. The molecule has 0 radical (unpaired) electrons. The van der Waals surface area contributed by atoms with E-state index in [0.717, 1.165) is 14.6 Å². The van der Waals surface area contributed by atoms with Crippen molar-refractivity contribution in [2.75, 3.05) is 0 Å². The Morgan fingerprint density at radius 3 is 2.64 bits per heavy atom. The molecule has 0 spiro atoms. The van der Waals surface area contributed by atoms with Gasteiger partial charge in [-0.05, 0) is 44.8 Å². The fraction of sp³-hybridized carbons (Fsp3) is 0.286. The molecule has 60 valence electrons. The summed E-state index contributed by atoms with van der Waals surface area (Å²) >= 11 is 6.64. The molecule has 2 nitrogen and oxygen atoms in total. The second kappa shape index (κ2) is 3.65. The highest BCUT2D eigenvalue weighted by atomic mass is 79.9. The van der Waals surface area contributed by atoms with Crippen molar-refractivity contribution in [3.05, 3.63) is 26.9 Å². The van der Waals surface area contributed by atoms with E-state index in [1.165, 1.54) is 0 Å². The summed E-state index contributed by atoms with van der Waals surface area (Å²) in [5.74, 6) is 0. The molecule has 1 aromatic heterocycles. The molecule has 1 atom stereocenters. The predicted molar refractivity (Wildman–Crippen MR) is 52.2 cm³/mol. The van der Waals surface area contributed by atoms with Gasteiger partial charge in [-0.2, -0.15) is 0 Å². The van der Waals surface area contributed by atoms with E-state index in [1.54, 1.807) is 6.20 Å². The Labute approximate surface area is 82.5 Å². The summed E-state index contributed by atoms with van der Waals surface area (Å²) in [6.45, 7) is 1.92. The van der Waals surface area contributed by atoms with E-state index < -0.39 is 0 Å². The monoisotopic (exact) mass is 278 g/mol. The van der Waals surface area contributed by atoms with Crippen molar-refractivity contribution in [2.24, 2.45) is 5.73 Å². The molecule has 1 unspecified atom stereocenters. The molecule has 4 heteroatoms. The number of rotatable bonds is 1. The summed E-state index contributed by atoms with van der Waals surface area (Å²) in [5.41, 5.74) is 6.71. The fourth-order valence-corrected chi connectivity index (χ4v) is 1.68. The van der Waals surface area contributed by atoms with Gasteiger partial charge in [0.2, 0.25) is 0 Å². The summed E-state index contributed by atoms with van der Waals surface area (Å²) in [7, 11) is 0. The van der Waals surface area contributed by atoms with Crippen molar-refractivity contribution >= 4 is 31.9 Å². The molecule has 0 amide bonds. The molecule has 0 bridgehead atoms. The van der Waals surface area contributed by atoms with Crippen LogP contribution in [0.25, 0.3) is 0 Å². The first-order chi connectivity index (χ1) is 5.11. The lowest BCUT2D eigenvalue weighted by Gasteiger charge is -2.06. The smallest absolute Gasteiger partial charge is 0.110 e. The minimum atomic E-state index is 0.00868. The highest BCUT2D eigenvalue weighted by Crippen LogP contribution is 2.22. The van der Waals surface area contributed by atoms with Gasteiger partial charge < -0.3 is 5.73 Å². The Morgan fingerprint density at radius 2 is 2.18 bits per heavy atom. The van der Waals surface area contributed by atoms with Crippen molar-refractivity contribution in [1.82, 2.24) is 4.98 Å². The van der Waals surface area contributed by atoms with Gasteiger partial charge in [-0.1, -0.05) is 0 Å². The number of aromatic nitrogens is 1. The lowest BCUT2D eigenvalue weighted by Crippen LogP contribution is -2.06. The van der Waals surface area contributed by atoms with Crippen LogP contribution in [0.4, 0.5) is 0 Å². The van der Waals surface area contributed by atoms with Gasteiger partial charge in [0, 0.05) is 22.3 Å². The van der Waals surface area contributed by atoms with Crippen LogP contribution in [0.5, 0.6) is 0 Å². The van der Waals surface area contributed by atoms with Crippen molar-refractivity contribution < 1.29 is 0 Å². The average Bonchev–Trinajstić information content (AvgIpc) is 1.94. The second-order valence-corrected chi connectivity index (χ2v) is 3.99. The van der Waals surface area contributed by atoms with Crippen LogP contribution in [0.15, 0.2) is 21.3 Å². The van der Waals surface area contributed by atoms with Crippen molar-refractivity contribution in [3.8, 4) is 0 Å². The third-order valence-corrected chi connectivity index (χ3v) is 2.42. The number of pyridine rings is 1. The molecular formula is C7H8Br2N2. The van der Waals surface area contributed by atoms with E-state index >= 15 is 0 Å². The summed E-state index contributed by atoms with van der Waals surface area (Å²) in [6.07, 6.45) is 1.73. The predicted octanol–water partition coefficient (Wildman–Crippen LogP) is 2.63. The zero-order valence-corrected chi connectivity index (χ0v) is 9.18. The number of halogens is 2. The van der Waals surface area contributed by atoms with Gasteiger partial charge >= 0.3 is 0 Å². The minimum Gasteiger partial charge on any atom is -0.324 e. The highest BCUT2D eigenvalue weighted by Gasteiger charge is 2.05. The van der Waals surface area contributed by atoms with Crippen LogP contribution in [-0.4, -0.2) is 4.98 Å². The Morgan fingerprint density at radius 1 is 1.55 bits per heavy atom. The molecule has 0 saturated heterocycles. The first-order valence-electron chi connectivity index (χ1n) is 3.18. The van der Waals surface area contributed by atoms with Gasteiger partial charge in [-0.25, -0.2) is 4.98 Å². The minimum absolute atomic E-state index is 0.00868. The van der Waals surface area contributed by atoms with E-state index in [0.29, 0.717) is 0 Å². The summed E-state index contributed by atoms with van der Waals surface area (Å²) in [6, 6.07) is 1.97. The van der Waals surface area contributed by atoms with Crippen LogP contribution < -0.4 is 5.73 Å². The van der Waals surface area contributed by atoms with Crippen LogP contribution in [0.2, 0.25) is 0 Å². The molecule has 0 aliphatic rings. The summed E-state index contributed by atoms with van der Waals surface area (Å²) in [5, 5.41) is 0. The lowest BCUT2D eigenvalue weighted by atomic mass is 10.2. The molecule has 1 rings (SSSR count). The molecular weight excluding hydrogens is 272 g/mol. The Bertz CT molecular complexity index is 261. The van der Waals surface area contributed by atoms with Crippen molar-refractivity contribution in [2.45, 2.75) is 13.0 Å². The van der Waals surface area contributed by atoms with Crippen LogP contribution in [-0.2, 0) is 0 Å². The van der Waals surface area contributed by atoms with E-state index in [-0.39, 0.29) is 6.04 Å². The second-order valence-electron chi connectivity index (χ2n) is 2.32. The van der Waals surface area contributed by atoms with Gasteiger partial charge in [-0.15, -0.1) is 0 Å². The van der Waals surface area contributed by atoms with E-state index in [9.17, 15) is 0 Å². The van der Waals surface area contributed by atoms with Gasteiger partial charge in [0.15, 0.2) is 0 Å². The molecule has 1 heterocycles. The molecule has 0 fully saturated rings. The zero-order valence-electron chi connectivity index (χ0n) is 6.01. The normalized spacial score (nSPS) is 13.1. The number of hydrogen-bond donors (Lipinski definition) is 1. The van der Waals surface area contributed by atoms with Gasteiger partial charge in [0.25, 0.3) is 0 Å². The van der Waals surface area contributed by atoms with Gasteiger partial charge in [0.05, 0.1) is 0 Å². The molecule has 0 aliphatic heterocycles. The summed E-state index contributed by atoms with van der Waals surface area (Å²) in [4.78, 5) is 4.09. The lowest BCUT2D eigenvalue weighted by molar-refractivity contribution is 0.803. The fourth-order valence-electron chi connectivity index (χ4n) is 0.758. The van der Waals surface area contributed by atoms with Crippen molar-refractivity contribution in [3.63, 3.8) is 0 Å². The highest BCUT2D eigenvalue weighted by molar-refractivity contribution is 9.11. The SMILES string of the molecule is CC(N)c1cc(Br)cnc1Br. The average molecular weight is 280 g/mol. The Kier molecular flexibility index (Phi) is 3.04. The maximum absolute atomic E-state index is 5.69. The first-order valence-corrected chi connectivity index (χ1v) is 4.76. The number of nitrogens with two attached hydrogens (primary N) is 1. The third kappa shape index (κ3) is 2.25. The maximum atomic E-state index is 5.69. The van der Waals surface area contributed by atoms with Crippen LogP contribution >= 0.6 is 31.9 Å². The largest absolute Gasteiger partial charge is 0.324 e. The van der Waals surface area contributed by atoms with E-state index in [1.807, 2.05) is 13.0 Å².